The molecule has 3 saturated heterocycles. The predicted molar refractivity (Wildman–Crippen MR) is 98.1 cm³/mol. The Morgan fingerprint density at radius 3 is 2.92 bits per heavy atom. The zero-order valence-electron chi connectivity index (χ0n) is 14.7. The van der Waals surface area contributed by atoms with E-state index in [-0.39, 0.29) is 11.9 Å². The Morgan fingerprint density at radius 2 is 2.12 bits per heavy atom. The standard InChI is InChI=1S/C19H23N5O2/c1-2-16(25)24-9-13-8-23(10-15(13)24)19-17-14(12-3-5-26-6-4-12)7-20-18(17)21-11-22-19/h2,7,11-13,15H,1,3-6,8-10H2,(H,20,21,22)/t13-,15-/m1/s1. The summed E-state index contributed by atoms with van der Waals surface area (Å²) < 4.78 is 5.52. The van der Waals surface area contributed by atoms with Gasteiger partial charge in [-0.15, -0.1) is 0 Å². The highest BCUT2D eigenvalue weighted by Crippen LogP contribution is 2.40. The third-order valence-corrected chi connectivity index (χ3v) is 6.14. The number of nitrogens with one attached hydrogen (secondary N) is 1. The fraction of sp³-hybridized carbons (Fsp3) is 0.526. The summed E-state index contributed by atoms with van der Waals surface area (Å²) in [5.74, 6) is 2.04. The van der Waals surface area contributed by atoms with Crippen LogP contribution in [-0.4, -0.2) is 64.6 Å². The lowest BCUT2D eigenvalue weighted by Gasteiger charge is -2.42. The molecule has 7 nitrogen and oxygen atoms in total. The summed E-state index contributed by atoms with van der Waals surface area (Å²) in [6, 6.07) is 0.274. The molecule has 0 radical (unpaired) electrons. The third-order valence-electron chi connectivity index (χ3n) is 6.14. The second-order valence-corrected chi connectivity index (χ2v) is 7.48. The van der Waals surface area contributed by atoms with Crippen LogP contribution in [-0.2, 0) is 9.53 Å². The molecule has 5 heterocycles. The Bertz CT molecular complexity index is 857. The average Bonchev–Trinajstić information content (AvgIpc) is 3.24. The van der Waals surface area contributed by atoms with Crippen molar-refractivity contribution in [1.82, 2.24) is 19.9 Å². The molecule has 1 amide bonds. The van der Waals surface area contributed by atoms with Crippen LogP contribution in [0.4, 0.5) is 5.82 Å². The van der Waals surface area contributed by atoms with Crippen LogP contribution in [0.15, 0.2) is 25.2 Å². The molecule has 26 heavy (non-hydrogen) atoms. The Kier molecular flexibility index (Phi) is 3.70. The van der Waals surface area contributed by atoms with Gasteiger partial charge >= 0.3 is 0 Å². The van der Waals surface area contributed by atoms with Gasteiger partial charge in [-0.25, -0.2) is 9.97 Å². The molecule has 3 aliphatic heterocycles. The van der Waals surface area contributed by atoms with Crippen LogP contribution in [0, 0.1) is 5.92 Å². The molecule has 136 valence electrons. The fourth-order valence-corrected chi connectivity index (χ4v) is 4.72. The first-order valence-corrected chi connectivity index (χ1v) is 9.34. The molecule has 2 aromatic rings. The van der Waals surface area contributed by atoms with Gasteiger partial charge in [-0.3, -0.25) is 4.79 Å². The van der Waals surface area contributed by atoms with Gasteiger partial charge in [-0.1, -0.05) is 6.58 Å². The van der Waals surface area contributed by atoms with Crippen molar-refractivity contribution >= 4 is 22.8 Å². The molecule has 0 saturated carbocycles. The van der Waals surface area contributed by atoms with Gasteiger partial charge in [-0.2, -0.15) is 0 Å². The number of H-pyrrole nitrogens is 1. The molecule has 0 unspecified atom stereocenters. The van der Waals surface area contributed by atoms with E-state index in [1.165, 1.54) is 11.6 Å². The first kappa shape index (κ1) is 15.8. The van der Waals surface area contributed by atoms with Gasteiger partial charge in [0.05, 0.1) is 11.4 Å². The molecule has 3 fully saturated rings. The summed E-state index contributed by atoms with van der Waals surface area (Å²) in [4.78, 5) is 28.6. The minimum atomic E-state index is 0.0328. The van der Waals surface area contributed by atoms with E-state index in [2.05, 4.69) is 32.6 Å². The lowest BCUT2D eigenvalue weighted by atomic mass is 9.92. The summed E-state index contributed by atoms with van der Waals surface area (Å²) in [6.07, 6.45) is 7.21. The monoisotopic (exact) mass is 353 g/mol. The number of carbonyl (C=O) groups is 1. The number of ether oxygens (including phenoxy) is 1. The van der Waals surface area contributed by atoms with Crippen LogP contribution in [0.2, 0.25) is 0 Å². The quantitative estimate of drug-likeness (QED) is 0.850. The number of aromatic amines is 1. The van der Waals surface area contributed by atoms with Crippen LogP contribution in [0.25, 0.3) is 11.0 Å². The second kappa shape index (κ2) is 6.09. The maximum atomic E-state index is 12.0. The molecule has 5 rings (SSSR count). The summed E-state index contributed by atoms with van der Waals surface area (Å²) in [6.45, 7) is 7.83. The molecule has 3 aliphatic rings. The minimum Gasteiger partial charge on any atom is -0.381 e. The van der Waals surface area contributed by atoms with Crippen molar-refractivity contribution in [3.8, 4) is 0 Å². The number of anilines is 1. The van der Waals surface area contributed by atoms with E-state index >= 15 is 0 Å². The molecular weight excluding hydrogens is 330 g/mol. The highest BCUT2D eigenvalue weighted by molar-refractivity contribution is 5.92. The number of aromatic nitrogens is 3. The van der Waals surface area contributed by atoms with E-state index in [1.807, 2.05) is 4.90 Å². The molecule has 0 aromatic carbocycles. The number of nitrogens with zero attached hydrogens (tertiary/aromatic N) is 4. The van der Waals surface area contributed by atoms with Gasteiger partial charge in [0, 0.05) is 45.0 Å². The zero-order chi connectivity index (χ0) is 17.7. The molecule has 2 atom stereocenters. The molecule has 7 heteroatoms. The van der Waals surface area contributed by atoms with Crippen molar-refractivity contribution in [3.05, 3.63) is 30.7 Å². The summed E-state index contributed by atoms with van der Waals surface area (Å²) in [5, 5.41) is 1.14. The van der Waals surface area contributed by atoms with E-state index in [0.29, 0.717) is 11.8 Å². The largest absolute Gasteiger partial charge is 0.381 e. The van der Waals surface area contributed by atoms with Crippen molar-refractivity contribution in [2.24, 2.45) is 5.92 Å². The third kappa shape index (κ3) is 2.34. The Hall–Kier alpha value is -2.41. The van der Waals surface area contributed by atoms with Crippen LogP contribution >= 0.6 is 0 Å². The van der Waals surface area contributed by atoms with Crippen molar-refractivity contribution in [3.63, 3.8) is 0 Å². The number of amides is 1. The highest BCUT2D eigenvalue weighted by Gasteiger charge is 2.47. The van der Waals surface area contributed by atoms with Gasteiger partial charge in [0.2, 0.25) is 5.91 Å². The number of rotatable bonds is 3. The number of fused-ring (bicyclic) bond motifs is 2. The molecular formula is C19H23N5O2. The van der Waals surface area contributed by atoms with Gasteiger partial charge in [-0.05, 0) is 30.4 Å². The maximum absolute atomic E-state index is 12.0. The smallest absolute Gasteiger partial charge is 0.246 e. The highest BCUT2D eigenvalue weighted by atomic mass is 16.5. The van der Waals surface area contributed by atoms with Crippen molar-refractivity contribution in [2.45, 2.75) is 24.8 Å². The van der Waals surface area contributed by atoms with Crippen LogP contribution in [0.3, 0.4) is 0 Å². The minimum absolute atomic E-state index is 0.0328. The first-order chi connectivity index (χ1) is 12.8. The van der Waals surface area contributed by atoms with Gasteiger partial charge in [0.1, 0.15) is 17.8 Å². The van der Waals surface area contributed by atoms with Gasteiger partial charge in [0.15, 0.2) is 0 Å². The SMILES string of the molecule is C=CC(=O)N1C[C@H]2CN(c3ncnc4[nH]cc(C5CCOCC5)c34)C[C@H]21. The van der Waals surface area contributed by atoms with Crippen molar-refractivity contribution in [2.75, 3.05) is 37.7 Å². The number of hydrogen-bond acceptors (Lipinski definition) is 5. The lowest BCUT2D eigenvalue weighted by molar-refractivity contribution is -0.135. The zero-order valence-corrected chi connectivity index (χ0v) is 14.7. The fourth-order valence-electron chi connectivity index (χ4n) is 4.72. The molecule has 1 N–H and O–H groups in total. The Balaban J connectivity index is 1.47. The van der Waals surface area contributed by atoms with Crippen LogP contribution < -0.4 is 4.90 Å². The average molecular weight is 353 g/mol. The van der Waals surface area contributed by atoms with Crippen LogP contribution in [0.1, 0.15) is 24.3 Å². The van der Waals surface area contributed by atoms with E-state index in [4.69, 9.17) is 4.74 Å². The number of hydrogen-bond donors (Lipinski definition) is 1. The summed E-state index contributed by atoms with van der Waals surface area (Å²) in [5.41, 5.74) is 2.20. The molecule has 2 aromatic heterocycles. The molecule has 0 aliphatic carbocycles. The maximum Gasteiger partial charge on any atom is 0.246 e. The summed E-state index contributed by atoms with van der Waals surface area (Å²) >= 11 is 0. The lowest BCUT2D eigenvalue weighted by Crippen LogP contribution is -2.57. The first-order valence-electron chi connectivity index (χ1n) is 9.34. The van der Waals surface area contributed by atoms with E-state index in [0.717, 1.165) is 62.5 Å². The van der Waals surface area contributed by atoms with E-state index in [9.17, 15) is 4.79 Å². The van der Waals surface area contributed by atoms with E-state index < -0.39 is 0 Å². The Labute approximate surface area is 152 Å². The number of likely N-dealkylation sites (tertiary alicyclic amines) is 1. The molecule has 0 spiro atoms. The Morgan fingerprint density at radius 1 is 1.27 bits per heavy atom. The number of carbonyl (C=O) groups excluding carboxylic acids is 1. The second-order valence-electron chi connectivity index (χ2n) is 7.48. The summed E-state index contributed by atoms with van der Waals surface area (Å²) in [7, 11) is 0. The van der Waals surface area contributed by atoms with Gasteiger partial charge in [0.25, 0.3) is 0 Å². The topological polar surface area (TPSA) is 74.4 Å². The van der Waals surface area contributed by atoms with Crippen molar-refractivity contribution in [1.29, 1.82) is 0 Å². The van der Waals surface area contributed by atoms with Crippen LogP contribution in [0.5, 0.6) is 0 Å². The van der Waals surface area contributed by atoms with Gasteiger partial charge < -0.3 is 19.5 Å². The molecule has 0 bridgehead atoms. The normalized spacial score (nSPS) is 26.0. The predicted octanol–water partition coefficient (Wildman–Crippen LogP) is 1.68. The van der Waals surface area contributed by atoms with Crippen molar-refractivity contribution < 1.29 is 9.53 Å². The van der Waals surface area contributed by atoms with E-state index in [1.54, 1.807) is 6.33 Å².